The summed E-state index contributed by atoms with van der Waals surface area (Å²) in [7, 11) is -3.72. The van der Waals surface area contributed by atoms with Gasteiger partial charge in [0.1, 0.15) is 0 Å². The summed E-state index contributed by atoms with van der Waals surface area (Å²) >= 11 is 0. The van der Waals surface area contributed by atoms with Crippen LogP contribution in [0.3, 0.4) is 0 Å². The highest BCUT2D eigenvalue weighted by atomic mass is 32.2. The van der Waals surface area contributed by atoms with Gasteiger partial charge < -0.3 is 0 Å². The van der Waals surface area contributed by atoms with Crippen molar-refractivity contribution in [1.29, 1.82) is 0 Å². The lowest BCUT2D eigenvalue weighted by Crippen LogP contribution is -2.28. The van der Waals surface area contributed by atoms with Crippen LogP contribution in [0.25, 0.3) is 0 Å². The van der Waals surface area contributed by atoms with Crippen molar-refractivity contribution < 1.29 is 13.0 Å². The Morgan fingerprint density at radius 3 is 1.94 bits per heavy atom. The number of hydrogen-bond donors (Lipinski definition) is 1. The van der Waals surface area contributed by atoms with Gasteiger partial charge in [0, 0.05) is 0 Å². The molecule has 0 heterocycles. The van der Waals surface area contributed by atoms with Gasteiger partial charge in [0.25, 0.3) is 10.1 Å². The smallest absolute Gasteiger partial charge is 0.282 e. The second-order valence-electron chi connectivity index (χ2n) is 4.61. The molecule has 100 valence electrons. The predicted octanol–water partition coefficient (Wildman–Crippen LogP) is 2.32. The molecule has 1 rings (SSSR count). The summed E-state index contributed by atoms with van der Waals surface area (Å²) in [5, 5.41) is 0.806. The fourth-order valence-corrected chi connectivity index (χ4v) is 4.92. The SMILES string of the molecule is CCC[Si]c1c(C)c(C)c(C)c(C)c1S(=O)(=O)O. The quantitative estimate of drug-likeness (QED) is 0.682. The zero-order valence-electron chi connectivity index (χ0n) is 11.6. The molecule has 0 aliphatic heterocycles. The van der Waals surface area contributed by atoms with E-state index >= 15 is 0 Å². The second kappa shape index (κ2) is 5.55. The van der Waals surface area contributed by atoms with Crippen LogP contribution in [0, 0.1) is 27.7 Å². The lowest BCUT2D eigenvalue weighted by Gasteiger charge is -2.18. The van der Waals surface area contributed by atoms with Crippen LogP contribution in [0.15, 0.2) is 4.90 Å². The first-order chi connectivity index (χ1) is 8.21. The van der Waals surface area contributed by atoms with Gasteiger partial charge in [-0.05, 0) is 55.1 Å². The van der Waals surface area contributed by atoms with Crippen LogP contribution in [0.5, 0.6) is 0 Å². The van der Waals surface area contributed by atoms with Crippen molar-refractivity contribution >= 4 is 24.8 Å². The van der Waals surface area contributed by atoms with Crippen molar-refractivity contribution in [2.75, 3.05) is 0 Å². The molecular weight excluding hydrogens is 264 g/mol. The zero-order valence-corrected chi connectivity index (χ0v) is 13.4. The Morgan fingerprint density at radius 2 is 1.50 bits per heavy atom. The summed E-state index contributed by atoms with van der Waals surface area (Å²) < 4.78 is 32.7. The molecule has 1 aromatic carbocycles. The van der Waals surface area contributed by atoms with E-state index in [1.165, 1.54) is 0 Å². The molecule has 0 aliphatic rings. The van der Waals surface area contributed by atoms with E-state index in [9.17, 15) is 13.0 Å². The maximum atomic E-state index is 11.6. The van der Waals surface area contributed by atoms with Crippen molar-refractivity contribution in [2.24, 2.45) is 0 Å². The number of hydrogen-bond acceptors (Lipinski definition) is 2. The largest absolute Gasteiger partial charge is 0.294 e. The number of rotatable bonds is 4. The first-order valence-corrected chi connectivity index (χ1v) is 8.68. The van der Waals surface area contributed by atoms with Crippen molar-refractivity contribution in [3.63, 3.8) is 0 Å². The molecule has 0 atom stereocenters. The summed E-state index contributed by atoms with van der Waals surface area (Å²) in [6.45, 7) is 9.69. The molecule has 5 heteroatoms. The molecular formula is C13H20O3SSi. The van der Waals surface area contributed by atoms with Gasteiger partial charge in [-0.3, -0.25) is 4.55 Å². The van der Waals surface area contributed by atoms with E-state index in [2.05, 4.69) is 6.92 Å². The summed E-state index contributed by atoms with van der Waals surface area (Å²) in [6, 6.07) is 0.950. The van der Waals surface area contributed by atoms with E-state index in [-0.39, 0.29) is 4.90 Å². The molecule has 18 heavy (non-hydrogen) atoms. The van der Waals surface area contributed by atoms with E-state index in [1.54, 1.807) is 6.92 Å². The third-order valence-electron chi connectivity index (χ3n) is 3.44. The molecule has 0 spiro atoms. The first-order valence-electron chi connectivity index (χ1n) is 6.03. The third kappa shape index (κ3) is 2.84. The lowest BCUT2D eigenvalue weighted by atomic mass is 9.99. The molecule has 0 unspecified atom stereocenters. The molecule has 0 saturated heterocycles. The van der Waals surface area contributed by atoms with Crippen LogP contribution in [0.2, 0.25) is 6.04 Å². The molecule has 1 N–H and O–H groups in total. The Labute approximate surface area is 112 Å². The molecule has 3 nitrogen and oxygen atoms in total. The fourth-order valence-electron chi connectivity index (χ4n) is 2.06. The van der Waals surface area contributed by atoms with Gasteiger partial charge in [0.15, 0.2) is 0 Å². The highest BCUT2D eigenvalue weighted by Crippen LogP contribution is 2.23. The third-order valence-corrected chi connectivity index (χ3v) is 6.38. The van der Waals surface area contributed by atoms with Crippen LogP contribution in [0.1, 0.15) is 35.6 Å². The second-order valence-corrected chi connectivity index (χ2v) is 7.32. The fraction of sp³-hybridized carbons (Fsp3) is 0.538. The van der Waals surface area contributed by atoms with Crippen LogP contribution in [-0.2, 0) is 10.1 Å². The monoisotopic (exact) mass is 284 g/mol. The van der Waals surface area contributed by atoms with Gasteiger partial charge in [0.05, 0.1) is 14.4 Å². The topological polar surface area (TPSA) is 54.4 Å². The first kappa shape index (κ1) is 15.4. The highest BCUT2D eigenvalue weighted by Gasteiger charge is 2.23. The minimum absolute atomic E-state index is 0.134. The van der Waals surface area contributed by atoms with Crippen LogP contribution >= 0.6 is 0 Å². The average molecular weight is 284 g/mol. The lowest BCUT2D eigenvalue weighted by molar-refractivity contribution is 0.483. The van der Waals surface area contributed by atoms with E-state index in [1.807, 2.05) is 20.8 Å². The maximum absolute atomic E-state index is 11.6. The van der Waals surface area contributed by atoms with Crippen LogP contribution < -0.4 is 5.19 Å². The summed E-state index contributed by atoms with van der Waals surface area (Å²) in [5.74, 6) is 0. The Balaban J connectivity index is 3.65. The summed E-state index contributed by atoms with van der Waals surface area (Å²) in [4.78, 5) is 0.134. The van der Waals surface area contributed by atoms with Gasteiger partial charge in [-0.25, -0.2) is 0 Å². The van der Waals surface area contributed by atoms with Crippen molar-refractivity contribution in [1.82, 2.24) is 0 Å². The average Bonchev–Trinajstić information content (AvgIpc) is 2.27. The Kier molecular flexibility index (Phi) is 4.75. The van der Waals surface area contributed by atoms with E-state index in [0.717, 1.165) is 34.3 Å². The van der Waals surface area contributed by atoms with E-state index < -0.39 is 10.1 Å². The van der Waals surface area contributed by atoms with E-state index in [0.29, 0.717) is 15.1 Å². The van der Waals surface area contributed by atoms with Gasteiger partial charge in [-0.2, -0.15) is 8.42 Å². The van der Waals surface area contributed by atoms with Gasteiger partial charge in [0.2, 0.25) is 0 Å². The number of benzene rings is 1. The molecule has 0 bridgehead atoms. The minimum atomic E-state index is -4.15. The van der Waals surface area contributed by atoms with Crippen molar-refractivity contribution in [3.8, 4) is 0 Å². The predicted molar refractivity (Wildman–Crippen MR) is 75.7 cm³/mol. The molecule has 1 aromatic rings. The maximum Gasteiger partial charge on any atom is 0.294 e. The Bertz CT molecular complexity index is 562. The van der Waals surface area contributed by atoms with Crippen molar-refractivity contribution in [3.05, 3.63) is 22.3 Å². The van der Waals surface area contributed by atoms with E-state index in [4.69, 9.17) is 0 Å². The zero-order chi connectivity index (χ0) is 14.1. The normalized spacial score (nSPS) is 11.9. The standard InChI is InChI=1S/C13H20O3SSi/c1-6-7-18-13-11(5)9(3)8(2)10(4)12(13)17(14,15)16/h6-7H2,1-5H3,(H,14,15,16). The molecule has 0 aromatic heterocycles. The van der Waals surface area contributed by atoms with Crippen LogP contribution in [0.4, 0.5) is 0 Å². The molecule has 0 amide bonds. The van der Waals surface area contributed by atoms with Crippen LogP contribution in [-0.4, -0.2) is 22.5 Å². The van der Waals surface area contributed by atoms with Gasteiger partial charge in [-0.15, -0.1) is 0 Å². The van der Waals surface area contributed by atoms with Gasteiger partial charge in [-0.1, -0.05) is 19.4 Å². The minimum Gasteiger partial charge on any atom is -0.282 e. The molecule has 0 fully saturated rings. The molecule has 2 radical (unpaired) electrons. The Morgan fingerprint density at radius 1 is 1.00 bits per heavy atom. The summed E-state index contributed by atoms with van der Waals surface area (Å²) in [6.07, 6.45) is 1.01. The molecule has 0 saturated carbocycles. The van der Waals surface area contributed by atoms with Crippen molar-refractivity contribution in [2.45, 2.75) is 52.0 Å². The Hall–Kier alpha value is -0.653. The highest BCUT2D eigenvalue weighted by molar-refractivity contribution is 7.86. The van der Waals surface area contributed by atoms with Gasteiger partial charge >= 0.3 is 0 Å². The summed E-state index contributed by atoms with van der Waals surface area (Å²) in [5.41, 5.74) is 3.75. The molecule has 0 aliphatic carbocycles.